The van der Waals surface area contributed by atoms with Crippen LogP contribution in [0.15, 0.2) is 6.07 Å². The van der Waals surface area contributed by atoms with Crippen molar-refractivity contribution < 1.29 is 14.6 Å². The van der Waals surface area contributed by atoms with Crippen molar-refractivity contribution in [1.82, 2.24) is 4.09 Å². The number of phenols is 1. The first-order valence-electron chi connectivity index (χ1n) is 4.89. The van der Waals surface area contributed by atoms with Gasteiger partial charge in [-0.1, -0.05) is 0 Å². The topological polar surface area (TPSA) is 45.4 Å². The first-order chi connectivity index (χ1) is 7.49. The molecule has 0 spiro atoms. The van der Waals surface area contributed by atoms with Crippen molar-refractivity contribution in [3.8, 4) is 11.5 Å². The standard InChI is InChI=1S/C9H9B2ClFNO2/c10-2-4-9(16)6-3(14(4)12)1-5(15)8(13)7(6)11/h1,15-16H,2,10-11H2. The van der Waals surface area contributed by atoms with Gasteiger partial charge in [0, 0.05) is 23.2 Å². The molecule has 0 aliphatic carbocycles. The zero-order chi connectivity index (χ0) is 12.0. The van der Waals surface area contributed by atoms with E-state index in [1.54, 1.807) is 0 Å². The van der Waals surface area contributed by atoms with Crippen LogP contribution in [0.3, 0.4) is 0 Å². The summed E-state index contributed by atoms with van der Waals surface area (Å²) in [6.45, 7) is 0. The molecule has 2 N–H and O–H groups in total. The second-order valence-corrected chi connectivity index (χ2v) is 4.00. The van der Waals surface area contributed by atoms with Crippen LogP contribution < -0.4 is 5.46 Å². The Labute approximate surface area is 98.4 Å². The van der Waals surface area contributed by atoms with Crippen LogP contribution in [0.25, 0.3) is 10.9 Å². The summed E-state index contributed by atoms with van der Waals surface area (Å²) in [4.78, 5) is 0. The Morgan fingerprint density at radius 1 is 1.44 bits per heavy atom. The third kappa shape index (κ3) is 1.29. The number of halogens is 2. The van der Waals surface area contributed by atoms with Crippen molar-refractivity contribution in [2.75, 3.05) is 0 Å². The van der Waals surface area contributed by atoms with Crippen LogP contribution in [0, 0.1) is 5.82 Å². The Balaban J connectivity index is 3.00. The van der Waals surface area contributed by atoms with Crippen molar-refractivity contribution in [2.24, 2.45) is 0 Å². The van der Waals surface area contributed by atoms with Gasteiger partial charge in [0.25, 0.3) is 0 Å². The van der Waals surface area contributed by atoms with Crippen LogP contribution in [0.5, 0.6) is 11.5 Å². The molecule has 16 heavy (non-hydrogen) atoms. The molecular weight excluding hydrogens is 230 g/mol. The molecule has 2 aromatic rings. The molecule has 0 radical (unpaired) electrons. The first kappa shape index (κ1) is 11.2. The van der Waals surface area contributed by atoms with Crippen LogP contribution in [0.1, 0.15) is 5.69 Å². The van der Waals surface area contributed by atoms with Crippen molar-refractivity contribution in [3.05, 3.63) is 17.6 Å². The number of aromatic hydroxyl groups is 2. The number of benzene rings is 1. The van der Waals surface area contributed by atoms with E-state index in [9.17, 15) is 14.6 Å². The number of phenolic OH excluding ortho intramolecular Hbond substituents is 1. The van der Waals surface area contributed by atoms with Crippen molar-refractivity contribution in [2.45, 2.75) is 6.32 Å². The number of aromatic nitrogens is 1. The molecule has 0 amide bonds. The maximum atomic E-state index is 13.5. The summed E-state index contributed by atoms with van der Waals surface area (Å²) in [5.41, 5.74) is 1.11. The van der Waals surface area contributed by atoms with E-state index in [0.717, 1.165) is 0 Å². The summed E-state index contributed by atoms with van der Waals surface area (Å²) in [6, 6.07) is 1.21. The number of hydrogen-bond acceptors (Lipinski definition) is 2. The predicted octanol–water partition coefficient (Wildman–Crippen LogP) is -0.415. The van der Waals surface area contributed by atoms with E-state index >= 15 is 0 Å². The van der Waals surface area contributed by atoms with Gasteiger partial charge < -0.3 is 10.2 Å². The summed E-state index contributed by atoms with van der Waals surface area (Å²) in [6.07, 6.45) is 0.520. The van der Waals surface area contributed by atoms with Gasteiger partial charge in [-0.15, -0.1) is 0 Å². The molecule has 0 aliphatic rings. The fourth-order valence-corrected chi connectivity index (χ4v) is 2.23. The quantitative estimate of drug-likeness (QED) is 0.664. The molecule has 1 aromatic heterocycles. The van der Waals surface area contributed by atoms with E-state index in [2.05, 4.69) is 0 Å². The molecule has 2 rings (SSSR count). The van der Waals surface area contributed by atoms with Gasteiger partial charge in [0.05, 0.1) is 11.2 Å². The number of nitrogens with zero attached hydrogens (tertiary/aromatic N) is 1. The molecule has 0 atom stereocenters. The Morgan fingerprint density at radius 2 is 2.06 bits per heavy atom. The van der Waals surface area contributed by atoms with Gasteiger partial charge in [0.2, 0.25) is 0 Å². The second kappa shape index (κ2) is 3.63. The van der Waals surface area contributed by atoms with Gasteiger partial charge in [-0.05, 0) is 11.8 Å². The highest BCUT2D eigenvalue weighted by Gasteiger charge is 2.20. The lowest BCUT2D eigenvalue weighted by Crippen LogP contribution is -2.09. The molecule has 7 heteroatoms. The third-order valence-corrected chi connectivity index (χ3v) is 3.14. The lowest BCUT2D eigenvalue weighted by atomic mass is 9.90. The number of fused-ring (bicyclic) bond motifs is 1. The van der Waals surface area contributed by atoms with Crippen molar-refractivity contribution in [1.29, 1.82) is 0 Å². The molecular formula is C9H9B2ClFNO2. The van der Waals surface area contributed by atoms with E-state index in [1.807, 2.05) is 7.85 Å². The Kier molecular flexibility index (Phi) is 2.54. The SMILES string of the molecule is BCc1c(O)c2c(B)c(F)c(O)cc2n1Cl. The fourth-order valence-electron chi connectivity index (χ4n) is 1.90. The summed E-state index contributed by atoms with van der Waals surface area (Å²) in [5.74, 6) is -1.22. The molecule has 82 valence electrons. The third-order valence-electron chi connectivity index (χ3n) is 2.75. The monoisotopic (exact) mass is 239 g/mol. The average Bonchev–Trinajstić information content (AvgIpc) is 2.48. The van der Waals surface area contributed by atoms with Gasteiger partial charge >= 0.3 is 0 Å². The molecule has 1 aromatic carbocycles. The van der Waals surface area contributed by atoms with Gasteiger partial charge in [-0.3, -0.25) is 4.09 Å². The van der Waals surface area contributed by atoms with Gasteiger partial charge in [0.15, 0.2) is 11.6 Å². The lowest BCUT2D eigenvalue weighted by molar-refractivity contribution is 0.435. The molecule has 3 nitrogen and oxygen atoms in total. The normalized spacial score (nSPS) is 11.1. The highest BCUT2D eigenvalue weighted by Crippen LogP contribution is 2.34. The Morgan fingerprint density at radius 3 is 2.62 bits per heavy atom. The summed E-state index contributed by atoms with van der Waals surface area (Å²) < 4.78 is 14.7. The maximum absolute atomic E-state index is 13.5. The van der Waals surface area contributed by atoms with Crippen LogP contribution >= 0.6 is 11.8 Å². The molecule has 0 aliphatic heterocycles. The largest absolute Gasteiger partial charge is 0.505 e. The molecule has 0 saturated heterocycles. The number of rotatable bonds is 1. The average molecular weight is 239 g/mol. The van der Waals surface area contributed by atoms with Crippen LogP contribution in [0.4, 0.5) is 4.39 Å². The number of hydrogen-bond donors (Lipinski definition) is 2. The Bertz CT molecular complexity index is 585. The lowest BCUT2D eigenvalue weighted by Gasteiger charge is -2.02. The summed E-state index contributed by atoms with van der Waals surface area (Å²) in [7, 11) is 3.33. The maximum Gasteiger partial charge on any atom is 0.159 e. The first-order valence-corrected chi connectivity index (χ1v) is 5.23. The van der Waals surface area contributed by atoms with Gasteiger partial charge in [-0.25, -0.2) is 4.39 Å². The zero-order valence-corrected chi connectivity index (χ0v) is 9.64. The van der Waals surface area contributed by atoms with Gasteiger partial charge in [0.1, 0.15) is 21.4 Å². The van der Waals surface area contributed by atoms with Crippen LogP contribution in [-0.4, -0.2) is 30.0 Å². The van der Waals surface area contributed by atoms with Crippen molar-refractivity contribution in [3.63, 3.8) is 0 Å². The van der Waals surface area contributed by atoms with Gasteiger partial charge in [-0.2, -0.15) is 0 Å². The molecule has 1 heterocycles. The highest BCUT2D eigenvalue weighted by molar-refractivity contribution is 6.40. The molecule has 0 unspecified atom stereocenters. The smallest absolute Gasteiger partial charge is 0.159 e. The predicted molar refractivity (Wildman–Crippen MR) is 66.9 cm³/mol. The molecule has 0 bridgehead atoms. The minimum absolute atomic E-state index is 0.0242. The van der Waals surface area contributed by atoms with E-state index in [1.165, 1.54) is 18.0 Å². The van der Waals surface area contributed by atoms with E-state index in [-0.39, 0.29) is 11.2 Å². The van der Waals surface area contributed by atoms with E-state index < -0.39 is 11.6 Å². The summed E-state index contributed by atoms with van der Waals surface area (Å²) >= 11 is 5.98. The van der Waals surface area contributed by atoms with Crippen LogP contribution in [0.2, 0.25) is 0 Å². The minimum Gasteiger partial charge on any atom is -0.505 e. The van der Waals surface area contributed by atoms with Crippen LogP contribution in [-0.2, 0) is 6.32 Å². The molecule has 0 saturated carbocycles. The summed E-state index contributed by atoms with van der Waals surface area (Å²) in [5, 5.41) is 19.6. The Hall–Kier alpha value is -1.29. The van der Waals surface area contributed by atoms with E-state index in [4.69, 9.17) is 11.8 Å². The fraction of sp³-hybridized carbons (Fsp3) is 0.111. The highest BCUT2D eigenvalue weighted by atomic mass is 35.5. The molecule has 0 fully saturated rings. The zero-order valence-electron chi connectivity index (χ0n) is 8.88. The van der Waals surface area contributed by atoms with E-state index in [0.29, 0.717) is 22.9 Å². The van der Waals surface area contributed by atoms with Crippen molar-refractivity contribution >= 4 is 43.8 Å². The second-order valence-electron chi connectivity index (χ2n) is 3.66. The minimum atomic E-state index is -0.729.